The number of Topliss-reactive ketones (excluding diaryl/α,β-unsaturated/α-hetero) is 1. The molecule has 2 aromatic carbocycles. The van der Waals surface area contributed by atoms with Crippen LogP contribution >= 0.6 is 0 Å². The average molecular weight is 366 g/mol. The number of carbonyl (C=O) groups excluding carboxylic acids is 2. The number of rotatable bonds is 5. The van der Waals surface area contributed by atoms with E-state index in [0.29, 0.717) is 17.1 Å². The number of fused-ring (bicyclic) bond motifs is 1. The number of benzene rings is 2. The van der Waals surface area contributed by atoms with Gasteiger partial charge in [-0.2, -0.15) is 0 Å². The zero-order valence-electron chi connectivity index (χ0n) is 15.9. The maximum absolute atomic E-state index is 12.7. The fourth-order valence-electron chi connectivity index (χ4n) is 2.91. The van der Waals surface area contributed by atoms with Crippen LogP contribution in [0.15, 0.2) is 42.2 Å². The molecule has 0 unspecified atom stereocenters. The summed E-state index contributed by atoms with van der Waals surface area (Å²) in [6, 6.07) is 11.2. The summed E-state index contributed by atoms with van der Waals surface area (Å²) in [5, 5.41) is 0. The second-order valence-electron chi connectivity index (χ2n) is 6.79. The molecule has 0 spiro atoms. The first kappa shape index (κ1) is 18.7. The summed E-state index contributed by atoms with van der Waals surface area (Å²) in [5.74, 6) is 0.563. The first-order valence-corrected chi connectivity index (χ1v) is 8.81. The van der Waals surface area contributed by atoms with Crippen molar-refractivity contribution in [1.29, 1.82) is 0 Å². The Balaban J connectivity index is 1.80. The van der Waals surface area contributed by atoms with Crippen molar-refractivity contribution in [2.24, 2.45) is 0 Å². The van der Waals surface area contributed by atoms with E-state index < -0.39 is 5.97 Å². The van der Waals surface area contributed by atoms with E-state index in [2.05, 4.69) is 0 Å². The van der Waals surface area contributed by atoms with Gasteiger partial charge in [0, 0.05) is 6.07 Å². The first-order valence-electron chi connectivity index (χ1n) is 8.81. The SMILES string of the molecule is Cc1cccc(/C=C2\Oc3cc(OCC(=O)OC(C)C)cc(C)c3C2=O)c1. The molecule has 0 amide bonds. The van der Waals surface area contributed by atoms with Crippen molar-refractivity contribution < 1.29 is 23.8 Å². The van der Waals surface area contributed by atoms with Crippen LogP contribution in [0.4, 0.5) is 0 Å². The highest BCUT2D eigenvalue weighted by atomic mass is 16.6. The molecule has 0 aromatic heterocycles. The van der Waals surface area contributed by atoms with Crippen LogP contribution in [0, 0.1) is 13.8 Å². The molecule has 2 aromatic rings. The molecule has 0 saturated carbocycles. The van der Waals surface area contributed by atoms with E-state index >= 15 is 0 Å². The largest absolute Gasteiger partial charge is 0.482 e. The molecule has 5 nitrogen and oxygen atoms in total. The third-order valence-electron chi connectivity index (χ3n) is 4.01. The Morgan fingerprint density at radius 1 is 1.19 bits per heavy atom. The second-order valence-corrected chi connectivity index (χ2v) is 6.79. The van der Waals surface area contributed by atoms with E-state index in [9.17, 15) is 9.59 Å². The molecular weight excluding hydrogens is 344 g/mol. The van der Waals surface area contributed by atoms with Crippen LogP contribution in [0.1, 0.15) is 40.9 Å². The molecule has 0 atom stereocenters. The van der Waals surface area contributed by atoms with Gasteiger partial charge in [-0.1, -0.05) is 29.8 Å². The minimum atomic E-state index is -0.444. The van der Waals surface area contributed by atoms with Crippen LogP contribution < -0.4 is 9.47 Å². The van der Waals surface area contributed by atoms with Crippen molar-refractivity contribution in [3.05, 3.63) is 64.4 Å². The van der Waals surface area contributed by atoms with Gasteiger partial charge in [0.25, 0.3) is 0 Å². The van der Waals surface area contributed by atoms with E-state index in [1.165, 1.54) is 0 Å². The van der Waals surface area contributed by atoms with Gasteiger partial charge < -0.3 is 14.2 Å². The predicted molar refractivity (Wildman–Crippen MR) is 102 cm³/mol. The maximum Gasteiger partial charge on any atom is 0.344 e. The van der Waals surface area contributed by atoms with Crippen LogP contribution in [-0.2, 0) is 9.53 Å². The third-order valence-corrected chi connectivity index (χ3v) is 4.01. The molecule has 0 fully saturated rings. The van der Waals surface area contributed by atoms with E-state index in [0.717, 1.165) is 16.7 Å². The van der Waals surface area contributed by atoms with Crippen molar-refractivity contribution >= 4 is 17.8 Å². The predicted octanol–water partition coefficient (Wildman–Crippen LogP) is 4.25. The van der Waals surface area contributed by atoms with E-state index in [-0.39, 0.29) is 24.3 Å². The summed E-state index contributed by atoms with van der Waals surface area (Å²) in [6.45, 7) is 7.16. The molecule has 3 rings (SSSR count). The summed E-state index contributed by atoms with van der Waals surface area (Å²) in [7, 11) is 0. The molecular formula is C22H22O5. The Bertz CT molecular complexity index is 924. The van der Waals surface area contributed by atoms with Gasteiger partial charge in [0.15, 0.2) is 12.4 Å². The highest BCUT2D eigenvalue weighted by molar-refractivity contribution is 6.15. The van der Waals surface area contributed by atoms with Gasteiger partial charge in [-0.3, -0.25) is 4.79 Å². The van der Waals surface area contributed by atoms with Crippen molar-refractivity contribution in [3.63, 3.8) is 0 Å². The van der Waals surface area contributed by atoms with Crippen molar-refractivity contribution in [3.8, 4) is 11.5 Å². The smallest absolute Gasteiger partial charge is 0.344 e. The number of allylic oxidation sites excluding steroid dienone is 1. The van der Waals surface area contributed by atoms with E-state index in [1.807, 2.05) is 38.1 Å². The first-order chi connectivity index (χ1) is 12.8. The van der Waals surface area contributed by atoms with Crippen molar-refractivity contribution in [2.75, 3.05) is 6.61 Å². The topological polar surface area (TPSA) is 61.8 Å². The summed E-state index contributed by atoms with van der Waals surface area (Å²) in [4.78, 5) is 24.3. The standard InChI is InChI=1S/C22H22O5/c1-13(2)26-20(23)12-25-17-9-15(4)21-18(11-17)27-19(22(21)24)10-16-7-5-6-14(3)8-16/h5-11,13H,12H2,1-4H3/b19-10-. The third kappa shape index (κ3) is 4.37. The molecule has 0 aliphatic carbocycles. The number of hydrogen-bond acceptors (Lipinski definition) is 5. The van der Waals surface area contributed by atoms with Crippen LogP contribution in [-0.4, -0.2) is 24.5 Å². The Morgan fingerprint density at radius 2 is 1.96 bits per heavy atom. The molecule has 0 N–H and O–H groups in total. The Labute approximate surface area is 158 Å². The normalized spacial score (nSPS) is 14.3. The molecule has 5 heteroatoms. The van der Waals surface area contributed by atoms with Gasteiger partial charge in [0.2, 0.25) is 5.78 Å². The zero-order chi connectivity index (χ0) is 19.6. The fourth-order valence-corrected chi connectivity index (χ4v) is 2.91. The lowest BCUT2D eigenvalue weighted by molar-refractivity contribution is -0.149. The van der Waals surface area contributed by atoms with Gasteiger partial charge >= 0.3 is 5.97 Å². The maximum atomic E-state index is 12.7. The monoisotopic (exact) mass is 366 g/mol. The molecule has 0 bridgehead atoms. The lowest BCUT2D eigenvalue weighted by atomic mass is 10.0. The van der Waals surface area contributed by atoms with Crippen LogP contribution in [0.3, 0.4) is 0 Å². The summed E-state index contributed by atoms with van der Waals surface area (Å²) in [6.07, 6.45) is 1.54. The number of esters is 1. The molecule has 0 saturated heterocycles. The van der Waals surface area contributed by atoms with Crippen LogP contribution in [0.5, 0.6) is 11.5 Å². The van der Waals surface area contributed by atoms with Gasteiger partial charge in [-0.25, -0.2) is 4.79 Å². The minimum Gasteiger partial charge on any atom is -0.482 e. The molecule has 0 radical (unpaired) electrons. The Hall–Kier alpha value is -3.08. The molecule has 1 heterocycles. The van der Waals surface area contributed by atoms with Crippen LogP contribution in [0.25, 0.3) is 6.08 Å². The Morgan fingerprint density at radius 3 is 2.67 bits per heavy atom. The van der Waals surface area contributed by atoms with Crippen molar-refractivity contribution in [1.82, 2.24) is 0 Å². The number of aryl methyl sites for hydroxylation is 2. The molecule has 1 aliphatic rings. The van der Waals surface area contributed by atoms with Crippen LogP contribution in [0.2, 0.25) is 0 Å². The van der Waals surface area contributed by atoms with E-state index in [4.69, 9.17) is 14.2 Å². The Kier molecular flexibility index (Phi) is 5.31. The number of carbonyl (C=O) groups is 2. The number of ether oxygens (including phenoxy) is 3. The summed E-state index contributed by atoms with van der Waals surface area (Å²) >= 11 is 0. The van der Waals surface area contributed by atoms with Gasteiger partial charge in [-0.15, -0.1) is 0 Å². The molecule has 140 valence electrons. The van der Waals surface area contributed by atoms with Gasteiger partial charge in [-0.05, 0) is 51.0 Å². The lowest BCUT2D eigenvalue weighted by Crippen LogP contribution is -2.18. The average Bonchev–Trinajstić information content (AvgIpc) is 2.88. The molecule has 1 aliphatic heterocycles. The summed E-state index contributed by atoms with van der Waals surface area (Å²) < 4.78 is 16.3. The highest BCUT2D eigenvalue weighted by Crippen LogP contribution is 2.37. The number of ketones is 1. The number of hydrogen-bond donors (Lipinski definition) is 0. The quantitative estimate of drug-likeness (QED) is 0.585. The second kappa shape index (κ2) is 7.66. The van der Waals surface area contributed by atoms with Gasteiger partial charge in [0.05, 0.1) is 11.7 Å². The lowest BCUT2D eigenvalue weighted by Gasteiger charge is -2.10. The fraction of sp³-hybridized carbons (Fsp3) is 0.273. The minimum absolute atomic E-state index is 0.158. The summed E-state index contributed by atoms with van der Waals surface area (Å²) in [5.41, 5.74) is 3.26. The van der Waals surface area contributed by atoms with Gasteiger partial charge in [0.1, 0.15) is 11.5 Å². The zero-order valence-corrected chi connectivity index (χ0v) is 15.9. The highest BCUT2D eigenvalue weighted by Gasteiger charge is 2.30. The van der Waals surface area contributed by atoms with Crippen molar-refractivity contribution in [2.45, 2.75) is 33.8 Å². The molecule has 27 heavy (non-hydrogen) atoms. The van der Waals surface area contributed by atoms with E-state index in [1.54, 1.807) is 32.1 Å².